The minimum absolute atomic E-state index is 0.000623. The van der Waals surface area contributed by atoms with Crippen LogP contribution in [0.3, 0.4) is 0 Å². The van der Waals surface area contributed by atoms with Gasteiger partial charge in [-0.1, -0.05) is 13.0 Å². The monoisotopic (exact) mass is 441 g/mol. The molecule has 0 bridgehead atoms. The van der Waals surface area contributed by atoms with Gasteiger partial charge in [-0.2, -0.15) is 4.98 Å². The molecule has 0 saturated heterocycles. The molecule has 174 valence electrons. The van der Waals surface area contributed by atoms with Gasteiger partial charge in [0.2, 0.25) is 5.91 Å². The van der Waals surface area contributed by atoms with Crippen LogP contribution in [-0.2, 0) is 9.53 Å². The van der Waals surface area contributed by atoms with Crippen molar-refractivity contribution in [3.8, 4) is 0 Å². The second kappa shape index (κ2) is 8.05. The number of nitrogens with zero attached hydrogens (tertiary/aromatic N) is 5. The molecule has 2 heterocycles. The molecule has 0 N–H and O–H groups in total. The Balaban J connectivity index is 1.49. The lowest BCUT2D eigenvalue weighted by Gasteiger charge is -2.32. The average molecular weight is 442 g/mol. The van der Waals surface area contributed by atoms with Crippen LogP contribution in [0.1, 0.15) is 71.4 Å². The van der Waals surface area contributed by atoms with Crippen LogP contribution >= 0.6 is 0 Å². The third-order valence-corrected chi connectivity index (χ3v) is 6.51. The van der Waals surface area contributed by atoms with Crippen LogP contribution in [0.2, 0.25) is 0 Å². The van der Waals surface area contributed by atoms with Crippen molar-refractivity contribution in [1.82, 2.24) is 19.5 Å². The molecule has 2 aliphatic rings. The van der Waals surface area contributed by atoms with Gasteiger partial charge in [-0.25, -0.2) is 9.31 Å². The molecule has 2 amide bonds. The summed E-state index contributed by atoms with van der Waals surface area (Å²) in [4.78, 5) is 32.8. The summed E-state index contributed by atoms with van der Waals surface area (Å²) in [6.45, 7) is 8.54. The summed E-state index contributed by atoms with van der Waals surface area (Å²) in [5, 5.41) is 4.69. The first-order valence-corrected chi connectivity index (χ1v) is 11.5. The van der Waals surface area contributed by atoms with E-state index in [0.29, 0.717) is 18.4 Å². The molecule has 8 nitrogen and oxygen atoms in total. The van der Waals surface area contributed by atoms with Gasteiger partial charge in [0.25, 0.3) is 5.95 Å². The van der Waals surface area contributed by atoms with Crippen molar-refractivity contribution in [1.29, 1.82) is 0 Å². The molecule has 2 saturated carbocycles. The molecule has 0 radical (unpaired) electrons. The normalized spacial score (nSPS) is 23.4. The lowest BCUT2D eigenvalue weighted by atomic mass is 9.86. The van der Waals surface area contributed by atoms with Gasteiger partial charge < -0.3 is 9.64 Å². The summed E-state index contributed by atoms with van der Waals surface area (Å²) in [6, 6.07) is 6.04. The first-order chi connectivity index (χ1) is 15.0. The van der Waals surface area contributed by atoms with Gasteiger partial charge in [0.05, 0.1) is 0 Å². The molecular weight excluding hydrogens is 406 g/mol. The van der Waals surface area contributed by atoms with Gasteiger partial charge in [0.15, 0.2) is 5.65 Å². The lowest BCUT2D eigenvalue weighted by Crippen LogP contribution is -2.39. The summed E-state index contributed by atoms with van der Waals surface area (Å²) in [6.07, 6.45) is 4.62. The van der Waals surface area contributed by atoms with E-state index in [1.54, 1.807) is 16.8 Å². The predicted molar refractivity (Wildman–Crippen MR) is 123 cm³/mol. The van der Waals surface area contributed by atoms with Crippen molar-refractivity contribution in [3.63, 3.8) is 0 Å². The fourth-order valence-corrected chi connectivity index (χ4v) is 4.76. The number of carbonyl (C=O) groups excluding carboxylic acids is 2. The molecule has 0 aliphatic heterocycles. The maximum Gasteiger partial charge on any atom is 0.410 e. The first-order valence-electron chi connectivity index (χ1n) is 11.5. The Morgan fingerprint density at radius 3 is 2.59 bits per heavy atom. The van der Waals surface area contributed by atoms with Crippen molar-refractivity contribution in [2.75, 3.05) is 25.5 Å². The number of ether oxygens (including phenoxy) is 1. The first kappa shape index (κ1) is 22.6. The molecule has 4 rings (SSSR count). The number of pyridine rings is 1. The van der Waals surface area contributed by atoms with Gasteiger partial charge in [-0.05, 0) is 70.4 Å². The quantitative estimate of drug-likeness (QED) is 0.693. The van der Waals surface area contributed by atoms with E-state index < -0.39 is 5.60 Å². The zero-order valence-electron chi connectivity index (χ0n) is 20.1. The Bertz CT molecular complexity index is 1020. The number of aromatic nitrogens is 3. The van der Waals surface area contributed by atoms with Gasteiger partial charge >= 0.3 is 6.09 Å². The predicted octanol–water partition coefficient (Wildman–Crippen LogP) is 4.24. The molecule has 0 spiro atoms. The van der Waals surface area contributed by atoms with Gasteiger partial charge in [0.1, 0.15) is 5.60 Å². The topological polar surface area (TPSA) is 80.0 Å². The molecule has 8 heteroatoms. The SMILES string of the molecule is CN(CC1(C)CCC(c2cccc3nc(N(C)C(=O)C4CC4)nn23)C1)C(=O)OC(C)(C)C. The van der Waals surface area contributed by atoms with Crippen LogP contribution < -0.4 is 4.90 Å². The largest absolute Gasteiger partial charge is 0.444 e. The third kappa shape index (κ3) is 4.74. The Morgan fingerprint density at radius 2 is 1.94 bits per heavy atom. The van der Waals surface area contributed by atoms with E-state index >= 15 is 0 Å². The molecule has 2 fully saturated rings. The zero-order chi connectivity index (χ0) is 23.3. The molecule has 32 heavy (non-hydrogen) atoms. The Hall–Kier alpha value is -2.64. The second-order valence-corrected chi connectivity index (χ2v) is 10.9. The summed E-state index contributed by atoms with van der Waals surface area (Å²) in [7, 11) is 3.57. The van der Waals surface area contributed by atoms with Crippen LogP contribution in [0, 0.1) is 11.3 Å². The van der Waals surface area contributed by atoms with Crippen LogP contribution in [-0.4, -0.2) is 57.7 Å². The Kier molecular flexibility index (Phi) is 5.67. The van der Waals surface area contributed by atoms with Gasteiger partial charge in [-0.3, -0.25) is 9.69 Å². The average Bonchev–Trinajstić information content (AvgIpc) is 3.35. The van der Waals surface area contributed by atoms with Crippen LogP contribution in [0.4, 0.5) is 10.7 Å². The highest BCUT2D eigenvalue weighted by Crippen LogP contribution is 2.46. The lowest BCUT2D eigenvalue weighted by molar-refractivity contribution is -0.119. The van der Waals surface area contributed by atoms with Crippen molar-refractivity contribution in [3.05, 3.63) is 23.9 Å². The van der Waals surface area contributed by atoms with Crippen LogP contribution in [0.25, 0.3) is 5.65 Å². The molecular formula is C24H35N5O3. The molecule has 2 aromatic heterocycles. The number of fused-ring (bicyclic) bond motifs is 1. The summed E-state index contributed by atoms with van der Waals surface area (Å²) in [5.41, 5.74) is 1.36. The van der Waals surface area contributed by atoms with E-state index in [2.05, 4.69) is 18.0 Å². The molecule has 0 aromatic carbocycles. The number of anilines is 1. The Labute approximate surface area is 189 Å². The minimum Gasteiger partial charge on any atom is -0.444 e. The second-order valence-electron chi connectivity index (χ2n) is 10.9. The van der Waals surface area contributed by atoms with E-state index in [1.165, 1.54) is 0 Å². The van der Waals surface area contributed by atoms with Crippen LogP contribution in [0.15, 0.2) is 18.2 Å². The standard InChI is InChI=1S/C24H35N5O3/c1-23(2,3)32-22(31)27(5)15-24(4)13-12-17(14-24)18-8-7-9-19-25-21(26-29(18)19)28(6)20(30)16-10-11-16/h7-9,16-17H,10-15H2,1-6H3. The summed E-state index contributed by atoms with van der Waals surface area (Å²) in [5.74, 6) is 0.999. The summed E-state index contributed by atoms with van der Waals surface area (Å²) >= 11 is 0. The highest BCUT2D eigenvalue weighted by Gasteiger charge is 2.39. The van der Waals surface area contributed by atoms with Crippen molar-refractivity contribution in [2.45, 2.75) is 71.3 Å². The zero-order valence-corrected chi connectivity index (χ0v) is 20.1. The van der Waals surface area contributed by atoms with E-state index in [-0.39, 0.29) is 23.3 Å². The van der Waals surface area contributed by atoms with E-state index in [9.17, 15) is 9.59 Å². The maximum atomic E-state index is 12.4. The van der Waals surface area contributed by atoms with Crippen LogP contribution in [0.5, 0.6) is 0 Å². The van der Waals surface area contributed by atoms with Gasteiger partial charge in [-0.15, -0.1) is 5.10 Å². The summed E-state index contributed by atoms with van der Waals surface area (Å²) < 4.78 is 7.41. The van der Waals surface area contributed by atoms with Crippen molar-refractivity contribution in [2.24, 2.45) is 11.3 Å². The maximum absolute atomic E-state index is 12.4. The van der Waals surface area contributed by atoms with E-state index in [4.69, 9.17) is 9.84 Å². The smallest absolute Gasteiger partial charge is 0.410 e. The number of hydrogen-bond acceptors (Lipinski definition) is 5. The number of carbonyl (C=O) groups is 2. The van der Waals surface area contributed by atoms with E-state index in [0.717, 1.165) is 43.4 Å². The number of rotatable bonds is 5. The fraction of sp³-hybridized carbons (Fsp3) is 0.667. The highest BCUT2D eigenvalue weighted by atomic mass is 16.6. The fourth-order valence-electron chi connectivity index (χ4n) is 4.76. The van der Waals surface area contributed by atoms with Crippen molar-refractivity contribution >= 4 is 23.6 Å². The Morgan fingerprint density at radius 1 is 1.22 bits per heavy atom. The molecule has 2 unspecified atom stereocenters. The molecule has 2 aromatic rings. The van der Waals surface area contributed by atoms with Crippen molar-refractivity contribution < 1.29 is 14.3 Å². The highest BCUT2D eigenvalue weighted by molar-refractivity contribution is 5.94. The van der Waals surface area contributed by atoms with E-state index in [1.807, 2.05) is 44.5 Å². The molecule has 2 aliphatic carbocycles. The molecule has 2 atom stereocenters. The number of hydrogen-bond donors (Lipinski definition) is 0. The number of amides is 2. The minimum atomic E-state index is -0.501. The van der Waals surface area contributed by atoms with Gasteiger partial charge in [0, 0.05) is 38.2 Å². The third-order valence-electron chi connectivity index (χ3n) is 6.51.